The Balaban J connectivity index is 1.48. The summed E-state index contributed by atoms with van der Waals surface area (Å²) in [6, 6.07) is 14.3. The highest BCUT2D eigenvalue weighted by Gasteiger charge is 2.24. The van der Waals surface area contributed by atoms with Gasteiger partial charge in [0.15, 0.2) is 0 Å². The number of hydrogen-bond donors (Lipinski definition) is 1. The number of aromatic carboxylic acids is 1. The molecule has 1 heterocycles. The molecule has 0 aliphatic carbocycles. The second-order valence-corrected chi connectivity index (χ2v) is 7.10. The van der Waals surface area contributed by atoms with Crippen molar-refractivity contribution < 1.29 is 19.5 Å². The number of amides is 2. The molecule has 146 valence electrons. The van der Waals surface area contributed by atoms with Gasteiger partial charge in [-0.25, -0.2) is 4.79 Å². The number of aryl methyl sites for hydroxylation is 1. The maximum Gasteiger partial charge on any atom is 0.335 e. The zero-order valence-corrected chi connectivity index (χ0v) is 15.9. The Labute approximate surface area is 164 Å². The van der Waals surface area contributed by atoms with Gasteiger partial charge in [-0.3, -0.25) is 9.59 Å². The zero-order valence-electron chi connectivity index (χ0n) is 15.9. The lowest BCUT2D eigenvalue weighted by Gasteiger charge is -2.35. The Morgan fingerprint density at radius 1 is 0.750 bits per heavy atom. The van der Waals surface area contributed by atoms with E-state index in [1.165, 1.54) is 17.7 Å². The minimum atomic E-state index is -0.982. The van der Waals surface area contributed by atoms with Crippen LogP contribution in [-0.4, -0.2) is 58.9 Å². The van der Waals surface area contributed by atoms with Crippen molar-refractivity contribution in [3.8, 4) is 0 Å². The molecule has 0 unspecified atom stereocenters. The number of carboxylic acid groups (broad SMARTS) is 1. The van der Waals surface area contributed by atoms with Crippen LogP contribution in [-0.2, 0) is 22.4 Å². The monoisotopic (exact) mass is 380 g/mol. The highest BCUT2D eigenvalue weighted by atomic mass is 16.4. The van der Waals surface area contributed by atoms with Crippen molar-refractivity contribution in [1.82, 2.24) is 9.80 Å². The summed E-state index contributed by atoms with van der Waals surface area (Å²) in [5.74, 6) is -0.904. The van der Waals surface area contributed by atoms with Gasteiger partial charge in [-0.15, -0.1) is 0 Å². The normalized spacial score (nSPS) is 14.0. The first-order chi connectivity index (χ1) is 13.4. The molecule has 1 fully saturated rings. The van der Waals surface area contributed by atoms with Crippen LogP contribution in [0.15, 0.2) is 48.5 Å². The Hall–Kier alpha value is -3.15. The number of carbonyl (C=O) groups excluding carboxylic acids is 2. The van der Waals surface area contributed by atoms with Crippen molar-refractivity contribution in [3.05, 3.63) is 70.8 Å². The van der Waals surface area contributed by atoms with Crippen LogP contribution < -0.4 is 0 Å². The summed E-state index contributed by atoms with van der Waals surface area (Å²) in [6.07, 6.45) is 0.612. The van der Waals surface area contributed by atoms with Gasteiger partial charge < -0.3 is 14.9 Å². The van der Waals surface area contributed by atoms with Gasteiger partial charge in [-0.1, -0.05) is 42.0 Å². The minimum Gasteiger partial charge on any atom is -0.478 e. The minimum absolute atomic E-state index is 0.00583. The summed E-state index contributed by atoms with van der Waals surface area (Å²) in [5.41, 5.74) is 3.16. The van der Waals surface area contributed by atoms with Gasteiger partial charge >= 0.3 is 5.97 Å². The number of nitrogens with zero attached hydrogens (tertiary/aromatic N) is 2. The van der Waals surface area contributed by atoms with Gasteiger partial charge in [0.05, 0.1) is 18.4 Å². The quantitative estimate of drug-likeness (QED) is 0.862. The predicted octanol–water partition coefficient (Wildman–Crippen LogP) is 2.15. The Bertz CT molecular complexity index is 851. The van der Waals surface area contributed by atoms with Crippen molar-refractivity contribution in [3.63, 3.8) is 0 Å². The largest absolute Gasteiger partial charge is 0.478 e. The molecule has 0 spiro atoms. The van der Waals surface area contributed by atoms with E-state index in [1.807, 2.05) is 36.1 Å². The maximum absolute atomic E-state index is 12.5. The van der Waals surface area contributed by atoms with E-state index in [4.69, 9.17) is 5.11 Å². The molecule has 2 aromatic carbocycles. The fourth-order valence-electron chi connectivity index (χ4n) is 3.25. The molecule has 0 radical (unpaired) electrons. The Kier molecular flexibility index (Phi) is 6.09. The van der Waals surface area contributed by atoms with Crippen LogP contribution in [0.5, 0.6) is 0 Å². The topological polar surface area (TPSA) is 77.9 Å². The van der Waals surface area contributed by atoms with E-state index in [9.17, 15) is 14.4 Å². The van der Waals surface area contributed by atoms with E-state index < -0.39 is 5.97 Å². The smallest absolute Gasteiger partial charge is 0.335 e. The summed E-state index contributed by atoms with van der Waals surface area (Å²) >= 11 is 0. The fraction of sp³-hybridized carbons (Fsp3) is 0.318. The summed E-state index contributed by atoms with van der Waals surface area (Å²) in [5, 5.41) is 8.93. The molecular weight excluding hydrogens is 356 g/mol. The van der Waals surface area contributed by atoms with Crippen LogP contribution in [0.4, 0.5) is 0 Å². The summed E-state index contributed by atoms with van der Waals surface area (Å²) in [7, 11) is 0. The molecular formula is C22H24N2O4. The van der Waals surface area contributed by atoms with Gasteiger partial charge in [0.25, 0.3) is 0 Å². The molecule has 0 saturated carbocycles. The van der Waals surface area contributed by atoms with Gasteiger partial charge in [0.1, 0.15) is 0 Å². The SMILES string of the molecule is Cc1ccc(CC(=O)N2CCN(C(=O)Cc3ccc(C(=O)O)cc3)CC2)cc1. The van der Waals surface area contributed by atoms with Crippen LogP contribution in [0.2, 0.25) is 0 Å². The van der Waals surface area contributed by atoms with Gasteiger partial charge in [0.2, 0.25) is 11.8 Å². The van der Waals surface area contributed by atoms with E-state index in [0.717, 1.165) is 11.1 Å². The summed E-state index contributed by atoms with van der Waals surface area (Å²) in [6.45, 7) is 4.13. The van der Waals surface area contributed by atoms with E-state index in [0.29, 0.717) is 32.6 Å². The molecule has 0 atom stereocenters. The molecule has 3 rings (SSSR count). The van der Waals surface area contributed by atoms with Gasteiger partial charge in [-0.05, 0) is 30.2 Å². The fourth-order valence-corrected chi connectivity index (χ4v) is 3.25. The van der Waals surface area contributed by atoms with Crippen LogP contribution in [0, 0.1) is 6.92 Å². The van der Waals surface area contributed by atoms with Crippen molar-refractivity contribution in [2.75, 3.05) is 26.2 Å². The molecule has 1 aliphatic rings. The highest BCUT2D eigenvalue weighted by Crippen LogP contribution is 2.11. The molecule has 1 aliphatic heterocycles. The van der Waals surface area contributed by atoms with E-state index in [2.05, 4.69) is 0 Å². The Morgan fingerprint density at radius 3 is 1.54 bits per heavy atom. The van der Waals surface area contributed by atoms with E-state index in [-0.39, 0.29) is 23.8 Å². The number of benzene rings is 2. The first kappa shape index (κ1) is 19.6. The third kappa shape index (κ3) is 4.97. The van der Waals surface area contributed by atoms with Gasteiger partial charge in [-0.2, -0.15) is 0 Å². The average Bonchev–Trinajstić information content (AvgIpc) is 2.70. The van der Waals surface area contributed by atoms with Crippen LogP contribution >= 0.6 is 0 Å². The zero-order chi connectivity index (χ0) is 20.1. The standard InChI is InChI=1S/C22H24N2O4/c1-16-2-4-17(5-3-16)14-20(25)23-10-12-24(13-11-23)21(26)15-18-6-8-19(9-7-18)22(27)28/h2-9H,10-15H2,1H3,(H,27,28). The lowest BCUT2D eigenvalue weighted by Crippen LogP contribution is -2.51. The third-order valence-corrected chi connectivity index (χ3v) is 5.02. The van der Waals surface area contributed by atoms with E-state index in [1.54, 1.807) is 17.0 Å². The van der Waals surface area contributed by atoms with Crippen LogP contribution in [0.1, 0.15) is 27.0 Å². The Morgan fingerprint density at radius 2 is 1.14 bits per heavy atom. The molecule has 1 saturated heterocycles. The second kappa shape index (κ2) is 8.69. The molecule has 2 amide bonds. The summed E-state index contributed by atoms with van der Waals surface area (Å²) < 4.78 is 0. The molecule has 2 aromatic rings. The van der Waals surface area contributed by atoms with Crippen molar-refractivity contribution in [2.24, 2.45) is 0 Å². The van der Waals surface area contributed by atoms with Crippen molar-refractivity contribution in [1.29, 1.82) is 0 Å². The molecule has 0 aromatic heterocycles. The number of hydrogen-bond acceptors (Lipinski definition) is 3. The number of carboxylic acids is 1. The molecule has 28 heavy (non-hydrogen) atoms. The van der Waals surface area contributed by atoms with Gasteiger partial charge in [0, 0.05) is 26.2 Å². The number of piperazine rings is 1. The highest BCUT2D eigenvalue weighted by molar-refractivity contribution is 5.88. The maximum atomic E-state index is 12.5. The predicted molar refractivity (Wildman–Crippen MR) is 105 cm³/mol. The molecule has 0 bridgehead atoms. The van der Waals surface area contributed by atoms with Crippen LogP contribution in [0.25, 0.3) is 0 Å². The lowest BCUT2D eigenvalue weighted by atomic mass is 10.1. The first-order valence-electron chi connectivity index (χ1n) is 9.36. The lowest BCUT2D eigenvalue weighted by molar-refractivity contribution is -0.138. The second-order valence-electron chi connectivity index (χ2n) is 7.10. The third-order valence-electron chi connectivity index (χ3n) is 5.02. The van der Waals surface area contributed by atoms with Crippen LogP contribution in [0.3, 0.4) is 0 Å². The average molecular weight is 380 g/mol. The summed E-state index contributed by atoms with van der Waals surface area (Å²) in [4.78, 5) is 39.4. The van der Waals surface area contributed by atoms with Crippen molar-refractivity contribution >= 4 is 17.8 Å². The molecule has 1 N–H and O–H groups in total. The number of rotatable bonds is 5. The molecule has 6 heteroatoms. The van der Waals surface area contributed by atoms with E-state index >= 15 is 0 Å². The first-order valence-corrected chi connectivity index (χ1v) is 9.36. The molecule has 6 nitrogen and oxygen atoms in total. The van der Waals surface area contributed by atoms with Crippen molar-refractivity contribution in [2.45, 2.75) is 19.8 Å². The number of carbonyl (C=O) groups is 3.